The van der Waals surface area contributed by atoms with Crippen molar-refractivity contribution < 1.29 is 33.5 Å². The first kappa shape index (κ1) is 26.1. The van der Waals surface area contributed by atoms with Crippen molar-refractivity contribution in [1.82, 2.24) is 0 Å². The van der Waals surface area contributed by atoms with Gasteiger partial charge in [-0.1, -0.05) is 76.5 Å². The topological polar surface area (TPSA) is 95.2 Å². The van der Waals surface area contributed by atoms with Gasteiger partial charge in [0.05, 0.1) is 5.41 Å². The first-order valence-corrected chi connectivity index (χ1v) is 12.1. The fourth-order valence-corrected chi connectivity index (χ4v) is 4.00. The number of halogens is 1. The molecule has 29 heavy (non-hydrogen) atoms. The van der Waals surface area contributed by atoms with Gasteiger partial charge in [0.2, 0.25) is 5.69 Å². The minimum Gasteiger partial charge on any atom is -0.222 e. The van der Waals surface area contributed by atoms with Gasteiger partial charge >= 0.3 is 0 Å². The molecule has 5 nitrogen and oxygen atoms in total. The molecule has 0 aliphatic carbocycles. The van der Waals surface area contributed by atoms with E-state index >= 15 is 0 Å². The lowest BCUT2D eigenvalue weighted by Crippen LogP contribution is -2.68. The summed E-state index contributed by atoms with van der Waals surface area (Å²) in [6.45, 7) is 10.5. The maximum Gasteiger partial charge on any atom is 0.209 e. The zero-order valence-corrected chi connectivity index (χ0v) is 19.3. The van der Waals surface area contributed by atoms with Gasteiger partial charge in [0.15, 0.2) is 5.71 Å². The summed E-state index contributed by atoms with van der Waals surface area (Å²) < 4.78 is 36.5. The van der Waals surface area contributed by atoms with Gasteiger partial charge in [-0.3, -0.25) is 0 Å². The van der Waals surface area contributed by atoms with E-state index in [1.807, 2.05) is 0 Å². The van der Waals surface area contributed by atoms with Gasteiger partial charge in [0.1, 0.15) is 6.54 Å². The van der Waals surface area contributed by atoms with Crippen LogP contribution in [0, 0.1) is 10.2 Å². The van der Waals surface area contributed by atoms with E-state index in [9.17, 15) is 0 Å². The Balaban J connectivity index is 0.000000749. The molecule has 0 spiro atoms. The third-order valence-corrected chi connectivity index (χ3v) is 5.91. The van der Waals surface area contributed by atoms with E-state index in [2.05, 4.69) is 56.5 Å². The molecule has 0 atom stereocenters. The Morgan fingerprint density at radius 1 is 0.793 bits per heavy atom. The van der Waals surface area contributed by atoms with Crippen molar-refractivity contribution in [3.63, 3.8) is 0 Å². The Labute approximate surface area is 178 Å². The second kappa shape index (κ2) is 12.7. The van der Waals surface area contributed by atoms with Gasteiger partial charge in [-0.2, -0.15) is 4.58 Å². The number of hydrogen-bond acceptors (Lipinski definition) is 4. The predicted octanol–water partition coefficient (Wildman–Crippen LogP) is 2.25. The first-order chi connectivity index (χ1) is 13.6. The lowest BCUT2D eigenvalue weighted by Gasteiger charge is -2.17. The van der Waals surface area contributed by atoms with E-state index in [1.165, 1.54) is 87.7 Å². The van der Waals surface area contributed by atoms with Crippen molar-refractivity contribution in [3.05, 3.63) is 29.8 Å². The van der Waals surface area contributed by atoms with Crippen molar-refractivity contribution in [3.8, 4) is 0 Å². The van der Waals surface area contributed by atoms with Gasteiger partial charge < -0.3 is 0 Å². The van der Waals surface area contributed by atoms with Crippen LogP contribution in [0.25, 0.3) is 0 Å². The van der Waals surface area contributed by atoms with E-state index in [4.69, 9.17) is 18.6 Å². The number of unbranched alkanes of at least 4 members (excludes halogenated alkanes) is 9. The van der Waals surface area contributed by atoms with E-state index in [0.29, 0.717) is 0 Å². The van der Waals surface area contributed by atoms with Crippen LogP contribution >= 0.6 is 0 Å². The molecule has 0 fully saturated rings. The molecule has 2 rings (SSSR count). The van der Waals surface area contributed by atoms with Crippen LogP contribution in [-0.4, -0.2) is 16.8 Å². The number of fused-ring (bicyclic) bond motifs is 1. The zero-order valence-electron chi connectivity index (χ0n) is 18.5. The Morgan fingerprint density at radius 3 is 1.76 bits per heavy atom. The number of benzene rings is 1. The molecule has 0 saturated heterocycles. The minimum atomic E-state index is -4.94. The molecule has 1 aliphatic heterocycles. The van der Waals surface area contributed by atoms with Crippen molar-refractivity contribution in [2.24, 2.45) is 0 Å². The molecule has 0 N–H and O–H groups in total. The number of hydrogen-bond donors (Lipinski definition) is 0. The molecule has 1 heterocycles. The van der Waals surface area contributed by atoms with Gasteiger partial charge in [-0.15, -0.1) is 10.2 Å². The van der Waals surface area contributed by atoms with Gasteiger partial charge in [-0.05, 0) is 20.3 Å². The van der Waals surface area contributed by atoms with Crippen molar-refractivity contribution in [1.29, 1.82) is 0 Å². The highest BCUT2D eigenvalue weighted by molar-refractivity contribution is 5.93. The molecule has 0 radical (unpaired) electrons. The lowest BCUT2D eigenvalue weighted by atomic mass is 9.82. The lowest BCUT2D eigenvalue weighted by molar-refractivity contribution is -2.00. The molecular weight excluding hydrogens is 390 g/mol. The zero-order chi connectivity index (χ0) is 21.9. The normalized spacial score (nSPS) is 15.2. The van der Waals surface area contributed by atoms with Gasteiger partial charge in [0, 0.05) is 25.0 Å². The van der Waals surface area contributed by atoms with E-state index < -0.39 is 10.2 Å². The summed E-state index contributed by atoms with van der Waals surface area (Å²) in [5.41, 5.74) is 4.64. The molecule has 0 unspecified atom stereocenters. The second-order valence-corrected chi connectivity index (χ2v) is 9.20. The smallest absolute Gasteiger partial charge is 0.209 e. The molecule has 1 aliphatic rings. The summed E-state index contributed by atoms with van der Waals surface area (Å²) in [5.74, 6) is 0. The fraction of sp³-hybridized carbons (Fsp3) is 0.696. The van der Waals surface area contributed by atoms with E-state index in [1.54, 1.807) is 0 Å². The molecule has 6 heteroatoms. The maximum atomic E-state index is 8.49. The van der Waals surface area contributed by atoms with Crippen LogP contribution in [0.4, 0.5) is 5.69 Å². The quantitative estimate of drug-likeness (QED) is 0.399. The highest BCUT2D eigenvalue weighted by Crippen LogP contribution is 2.39. The van der Waals surface area contributed by atoms with Crippen LogP contribution in [0.1, 0.15) is 97.5 Å². The summed E-state index contributed by atoms with van der Waals surface area (Å²) in [5, 5.41) is 0. The number of rotatable bonds is 11. The van der Waals surface area contributed by atoms with Crippen LogP contribution in [-0.2, 0) is 5.41 Å². The highest BCUT2D eigenvalue weighted by atomic mass is 35.7. The van der Waals surface area contributed by atoms with Crippen LogP contribution < -0.4 is 18.6 Å². The Morgan fingerprint density at radius 2 is 1.24 bits per heavy atom. The molecule has 0 bridgehead atoms. The predicted molar refractivity (Wildman–Crippen MR) is 107 cm³/mol. The second-order valence-electron chi connectivity index (χ2n) is 8.44. The Hall–Kier alpha value is -0.980. The Bertz CT molecular complexity index is 632. The van der Waals surface area contributed by atoms with Crippen LogP contribution in [0.5, 0.6) is 0 Å². The highest BCUT2D eigenvalue weighted by Gasteiger charge is 2.42. The maximum absolute atomic E-state index is 8.49. The summed E-state index contributed by atoms with van der Waals surface area (Å²) in [6.07, 6.45) is 14.1. The molecule has 0 amide bonds. The van der Waals surface area contributed by atoms with Crippen molar-refractivity contribution in [2.75, 3.05) is 6.54 Å². The molecule has 1 aromatic rings. The molecular formula is C23H38ClNO4. The van der Waals surface area contributed by atoms with E-state index in [0.717, 1.165) is 0 Å². The summed E-state index contributed by atoms with van der Waals surface area (Å²) in [4.78, 5) is 0. The average molecular weight is 428 g/mol. The van der Waals surface area contributed by atoms with E-state index in [-0.39, 0.29) is 5.41 Å². The summed E-state index contributed by atoms with van der Waals surface area (Å²) in [7, 11) is -4.94. The third-order valence-electron chi connectivity index (χ3n) is 5.91. The molecule has 1 aromatic carbocycles. The molecule has 0 aromatic heterocycles. The average Bonchev–Trinajstić information content (AvgIpc) is 2.83. The monoisotopic (exact) mass is 427 g/mol. The number of para-hydroxylation sites is 1. The van der Waals surface area contributed by atoms with Crippen LogP contribution in [0.2, 0.25) is 0 Å². The van der Waals surface area contributed by atoms with Crippen LogP contribution in [0.15, 0.2) is 24.3 Å². The molecule has 0 saturated carbocycles. The Kier molecular flexibility index (Phi) is 11.4. The largest absolute Gasteiger partial charge is 0.222 e. The summed E-state index contributed by atoms with van der Waals surface area (Å²) in [6, 6.07) is 8.96. The SMILES string of the molecule is CCCCCCCCCCCC[N+]1=C(C)C(C)(C)c2ccccc21.[O-][Cl+3]([O-])([O-])[O-]. The van der Waals surface area contributed by atoms with Crippen molar-refractivity contribution in [2.45, 2.75) is 97.3 Å². The van der Waals surface area contributed by atoms with Gasteiger partial charge in [-0.25, -0.2) is 18.6 Å². The first-order valence-electron chi connectivity index (χ1n) is 10.9. The molecule has 166 valence electrons. The standard InChI is InChI=1S/C23H38N.ClHO4/c1-5-6-7-8-9-10-11-12-13-16-19-24-20(2)23(3,4)21-17-14-15-18-22(21)24;2-1(3,4)5/h14-15,17-18H,5-13,16,19H2,1-4H3;(H,2,3,4,5)/q+1;/p-1. The minimum absolute atomic E-state index is 0.190. The number of nitrogens with zero attached hydrogens (tertiary/aromatic N) is 1. The summed E-state index contributed by atoms with van der Waals surface area (Å²) >= 11 is 0. The van der Waals surface area contributed by atoms with Gasteiger partial charge in [0.25, 0.3) is 0 Å². The fourth-order valence-electron chi connectivity index (χ4n) is 4.00. The van der Waals surface area contributed by atoms with Crippen molar-refractivity contribution >= 4 is 11.4 Å². The third kappa shape index (κ3) is 9.58. The van der Waals surface area contributed by atoms with Crippen LogP contribution in [0.3, 0.4) is 0 Å².